The van der Waals surface area contributed by atoms with Crippen LogP contribution in [0.2, 0.25) is 15.1 Å². The topological polar surface area (TPSA) is 58.6 Å². The maximum Gasteiger partial charge on any atom is 0.261 e. The second kappa shape index (κ2) is 10.3. The molecule has 0 aromatic heterocycles. The highest BCUT2D eigenvalue weighted by Gasteiger charge is 2.27. The van der Waals surface area contributed by atoms with Crippen LogP contribution in [0.3, 0.4) is 0 Å². The van der Waals surface area contributed by atoms with Gasteiger partial charge in [-0.05, 0) is 53.2 Å². The van der Waals surface area contributed by atoms with E-state index in [-0.39, 0.29) is 19.1 Å². The second-order valence-electron chi connectivity index (χ2n) is 5.88. The molecule has 0 saturated heterocycles. The Balaban J connectivity index is 2.22. The van der Waals surface area contributed by atoms with Gasteiger partial charge in [0.2, 0.25) is 5.91 Å². The van der Waals surface area contributed by atoms with Gasteiger partial charge >= 0.3 is 0 Å². The Bertz CT molecular complexity index is 859. The number of ether oxygens (including phenoxy) is 1. The molecule has 0 aliphatic carbocycles. The summed E-state index contributed by atoms with van der Waals surface area (Å²) in [7, 11) is 1.51. The Kier molecular flexibility index (Phi) is 8.43. The van der Waals surface area contributed by atoms with E-state index in [4.69, 9.17) is 39.5 Å². The summed E-state index contributed by atoms with van der Waals surface area (Å²) < 4.78 is 6.22. The van der Waals surface area contributed by atoms with Crippen LogP contribution in [0.25, 0.3) is 0 Å². The number of rotatable bonds is 7. The molecular weight excluding hydrogens is 490 g/mol. The summed E-state index contributed by atoms with van der Waals surface area (Å²) in [5.41, 5.74) is 0.558. The first-order valence-electron chi connectivity index (χ1n) is 8.26. The molecule has 5 nitrogen and oxygen atoms in total. The predicted molar refractivity (Wildman–Crippen MR) is 115 cm³/mol. The molecule has 1 atom stereocenters. The molecule has 0 heterocycles. The quantitative estimate of drug-likeness (QED) is 0.576. The van der Waals surface area contributed by atoms with Crippen molar-refractivity contribution < 1.29 is 14.3 Å². The van der Waals surface area contributed by atoms with Crippen LogP contribution in [-0.4, -0.2) is 36.4 Å². The van der Waals surface area contributed by atoms with Crippen molar-refractivity contribution in [3.63, 3.8) is 0 Å². The van der Waals surface area contributed by atoms with E-state index < -0.39 is 11.9 Å². The van der Waals surface area contributed by atoms with Crippen molar-refractivity contribution in [2.75, 3.05) is 13.7 Å². The average Bonchev–Trinajstić information content (AvgIpc) is 2.65. The van der Waals surface area contributed by atoms with E-state index in [9.17, 15) is 9.59 Å². The Morgan fingerprint density at radius 2 is 1.82 bits per heavy atom. The molecular formula is C19H18BrCl3N2O3. The number of nitrogens with one attached hydrogen (secondary N) is 1. The number of halogens is 4. The first kappa shape index (κ1) is 22.8. The van der Waals surface area contributed by atoms with Crippen LogP contribution in [0, 0.1) is 0 Å². The highest BCUT2D eigenvalue weighted by Crippen LogP contribution is 2.29. The molecule has 1 N–H and O–H groups in total. The maximum atomic E-state index is 12.9. The minimum Gasteiger partial charge on any atom is -0.483 e. The number of amides is 2. The van der Waals surface area contributed by atoms with Crippen molar-refractivity contribution in [3.05, 3.63) is 61.5 Å². The molecule has 2 aromatic rings. The van der Waals surface area contributed by atoms with Gasteiger partial charge in [0, 0.05) is 34.2 Å². The smallest absolute Gasteiger partial charge is 0.261 e. The van der Waals surface area contributed by atoms with Gasteiger partial charge < -0.3 is 15.0 Å². The lowest BCUT2D eigenvalue weighted by molar-refractivity contribution is -0.142. The number of hydrogen-bond acceptors (Lipinski definition) is 3. The Hall–Kier alpha value is -1.47. The van der Waals surface area contributed by atoms with Crippen molar-refractivity contribution in [2.24, 2.45) is 0 Å². The summed E-state index contributed by atoms with van der Waals surface area (Å²) in [5.74, 6) is -0.251. The number of likely N-dealkylation sites (N-methyl/N-ethyl adjacent to an activating group) is 1. The van der Waals surface area contributed by atoms with Crippen LogP contribution < -0.4 is 10.1 Å². The molecule has 28 heavy (non-hydrogen) atoms. The van der Waals surface area contributed by atoms with Gasteiger partial charge in [-0.3, -0.25) is 9.59 Å². The largest absolute Gasteiger partial charge is 0.483 e. The standard InChI is InChI=1S/C19H18BrCl3N2O3/c1-11(19(27)24-2)25(9-13-15(22)4-3-5-16(13)23)18(26)10-28-17-7-6-12(21)8-14(17)20/h3-8,11H,9-10H2,1-2H3,(H,24,27). The van der Waals surface area contributed by atoms with E-state index in [1.54, 1.807) is 43.3 Å². The number of hydrogen-bond donors (Lipinski definition) is 1. The fourth-order valence-corrected chi connectivity index (χ4v) is 3.77. The van der Waals surface area contributed by atoms with E-state index in [0.29, 0.717) is 30.9 Å². The van der Waals surface area contributed by atoms with Crippen LogP contribution in [-0.2, 0) is 16.1 Å². The molecule has 2 aromatic carbocycles. The molecule has 9 heteroatoms. The van der Waals surface area contributed by atoms with Gasteiger partial charge in [-0.25, -0.2) is 0 Å². The lowest BCUT2D eigenvalue weighted by Crippen LogP contribution is -2.48. The molecule has 150 valence electrons. The van der Waals surface area contributed by atoms with Gasteiger partial charge in [-0.1, -0.05) is 40.9 Å². The van der Waals surface area contributed by atoms with Gasteiger partial charge in [-0.15, -0.1) is 0 Å². The van der Waals surface area contributed by atoms with Crippen LogP contribution >= 0.6 is 50.7 Å². The molecule has 2 rings (SSSR count). The molecule has 0 spiro atoms. The fourth-order valence-electron chi connectivity index (χ4n) is 2.46. The molecule has 0 saturated carbocycles. The minimum absolute atomic E-state index is 0.0665. The first-order valence-corrected chi connectivity index (χ1v) is 10.2. The summed E-state index contributed by atoms with van der Waals surface area (Å²) in [5, 5.41) is 3.90. The van der Waals surface area contributed by atoms with E-state index >= 15 is 0 Å². The third kappa shape index (κ3) is 5.77. The molecule has 0 fully saturated rings. The van der Waals surface area contributed by atoms with Crippen molar-refractivity contribution in [1.82, 2.24) is 10.2 Å². The van der Waals surface area contributed by atoms with Gasteiger partial charge in [0.15, 0.2) is 6.61 Å². The zero-order valence-corrected chi connectivity index (χ0v) is 19.0. The number of carbonyl (C=O) groups excluding carboxylic acids is 2. The summed E-state index contributed by atoms with van der Waals surface area (Å²) in [4.78, 5) is 26.4. The summed E-state index contributed by atoms with van der Waals surface area (Å²) in [6.07, 6.45) is 0. The molecule has 0 aliphatic rings. The van der Waals surface area contributed by atoms with Crippen LogP contribution in [0.1, 0.15) is 12.5 Å². The molecule has 2 amide bonds. The van der Waals surface area contributed by atoms with E-state index in [2.05, 4.69) is 21.2 Å². The second-order valence-corrected chi connectivity index (χ2v) is 7.98. The van der Waals surface area contributed by atoms with Crippen molar-refractivity contribution >= 4 is 62.5 Å². The SMILES string of the molecule is CNC(=O)C(C)N(Cc1c(Cl)cccc1Cl)C(=O)COc1ccc(Cl)cc1Br. The van der Waals surface area contributed by atoms with Crippen LogP contribution in [0.15, 0.2) is 40.9 Å². The number of benzene rings is 2. The Morgan fingerprint density at radius 1 is 1.18 bits per heavy atom. The van der Waals surface area contributed by atoms with Crippen molar-refractivity contribution in [3.8, 4) is 5.75 Å². The zero-order valence-electron chi connectivity index (χ0n) is 15.1. The lowest BCUT2D eigenvalue weighted by atomic mass is 10.1. The Morgan fingerprint density at radius 3 is 2.39 bits per heavy atom. The zero-order chi connectivity index (χ0) is 20.8. The molecule has 0 radical (unpaired) electrons. The van der Waals surface area contributed by atoms with E-state index in [0.717, 1.165) is 0 Å². The highest BCUT2D eigenvalue weighted by atomic mass is 79.9. The number of nitrogens with zero attached hydrogens (tertiary/aromatic N) is 1. The predicted octanol–water partition coefficient (Wildman–Crippen LogP) is 4.95. The summed E-state index contributed by atoms with van der Waals surface area (Å²) in [6.45, 7) is 1.42. The molecule has 1 unspecified atom stereocenters. The lowest BCUT2D eigenvalue weighted by Gasteiger charge is -2.29. The van der Waals surface area contributed by atoms with Gasteiger partial charge in [0.25, 0.3) is 5.91 Å². The average molecular weight is 509 g/mol. The third-order valence-corrected chi connectivity index (χ3v) is 5.61. The van der Waals surface area contributed by atoms with Crippen molar-refractivity contribution in [1.29, 1.82) is 0 Å². The van der Waals surface area contributed by atoms with Gasteiger partial charge in [-0.2, -0.15) is 0 Å². The monoisotopic (exact) mass is 506 g/mol. The molecule has 0 aliphatic heterocycles. The maximum absolute atomic E-state index is 12.9. The third-order valence-electron chi connectivity index (χ3n) is 4.05. The normalized spacial score (nSPS) is 11.6. The van der Waals surface area contributed by atoms with Gasteiger partial charge in [0.1, 0.15) is 11.8 Å². The Labute approximate surface area is 187 Å². The molecule has 0 bridgehead atoms. The highest BCUT2D eigenvalue weighted by molar-refractivity contribution is 9.10. The van der Waals surface area contributed by atoms with Crippen LogP contribution in [0.5, 0.6) is 5.75 Å². The minimum atomic E-state index is -0.748. The fraction of sp³-hybridized carbons (Fsp3) is 0.263. The van der Waals surface area contributed by atoms with E-state index in [1.807, 2.05) is 0 Å². The van der Waals surface area contributed by atoms with Crippen molar-refractivity contribution in [2.45, 2.75) is 19.5 Å². The van der Waals surface area contributed by atoms with E-state index in [1.165, 1.54) is 11.9 Å². The van der Waals surface area contributed by atoms with Gasteiger partial charge in [0.05, 0.1) is 4.47 Å². The summed E-state index contributed by atoms with van der Waals surface area (Å²) >= 11 is 21.7. The first-order chi connectivity index (χ1) is 13.2. The number of carbonyl (C=O) groups is 2. The summed E-state index contributed by atoms with van der Waals surface area (Å²) in [6, 6.07) is 9.29. The van der Waals surface area contributed by atoms with Crippen LogP contribution in [0.4, 0.5) is 0 Å².